The van der Waals surface area contributed by atoms with E-state index in [1.165, 1.54) is 12.1 Å². The normalized spacial score (nSPS) is 11.4. The first kappa shape index (κ1) is 14.7. The molecule has 0 unspecified atom stereocenters. The molecule has 0 aliphatic rings. The van der Waals surface area contributed by atoms with Gasteiger partial charge in [-0.1, -0.05) is 22.0 Å². The van der Waals surface area contributed by atoms with E-state index in [1.54, 1.807) is 6.07 Å². The van der Waals surface area contributed by atoms with Crippen LogP contribution in [0.3, 0.4) is 0 Å². The molecule has 1 aromatic rings. The number of alkyl halides is 4. The highest BCUT2D eigenvalue weighted by Gasteiger charge is 2.32. The first-order chi connectivity index (χ1) is 7.81. The fourth-order valence-corrected chi connectivity index (χ4v) is 1.81. The van der Waals surface area contributed by atoms with Gasteiger partial charge in [-0.15, -0.1) is 13.2 Å². The number of hydrogen-bond donors (Lipinski definition) is 0. The van der Waals surface area contributed by atoms with E-state index < -0.39 is 6.36 Å². The van der Waals surface area contributed by atoms with Crippen molar-refractivity contribution >= 4 is 44.3 Å². The Morgan fingerprint density at radius 2 is 2.06 bits per heavy atom. The first-order valence-electron chi connectivity index (χ1n) is 4.43. The number of rotatable bonds is 4. The molecule has 0 aromatic heterocycles. The Morgan fingerprint density at radius 3 is 2.59 bits per heavy atom. The number of benzene rings is 1. The van der Waals surface area contributed by atoms with Gasteiger partial charge in [-0.2, -0.15) is 0 Å². The van der Waals surface area contributed by atoms with Crippen LogP contribution in [0, 0.1) is 3.57 Å². The third-order valence-corrected chi connectivity index (χ3v) is 3.09. The quantitative estimate of drug-likeness (QED) is 0.546. The van der Waals surface area contributed by atoms with E-state index in [4.69, 9.17) is 0 Å². The third-order valence-electron chi connectivity index (χ3n) is 1.79. The lowest BCUT2D eigenvalue weighted by Crippen LogP contribution is -2.19. The van der Waals surface area contributed by atoms with Crippen molar-refractivity contribution in [1.29, 1.82) is 0 Å². The van der Waals surface area contributed by atoms with E-state index >= 15 is 0 Å². The van der Waals surface area contributed by atoms with Gasteiger partial charge in [-0.25, -0.2) is 0 Å². The fourth-order valence-electron chi connectivity index (χ4n) is 1.15. The Labute approximate surface area is 118 Å². The van der Waals surface area contributed by atoms with Crippen molar-refractivity contribution in [3.8, 4) is 5.75 Å². The standard InChI is InChI=1S/C10H7BrF3IO2/c11-5-8(16)3-6-1-2-7(15)4-9(6)17-10(12,13)14/h1-2,4H,3,5H2. The predicted molar refractivity (Wildman–Crippen MR) is 68.3 cm³/mol. The van der Waals surface area contributed by atoms with Crippen LogP contribution in [0.15, 0.2) is 18.2 Å². The SMILES string of the molecule is O=C(CBr)Cc1ccc(I)cc1OC(F)(F)F. The number of ketones is 1. The van der Waals surface area contributed by atoms with Crippen LogP contribution in [-0.2, 0) is 11.2 Å². The molecule has 1 aromatic carbocycles. The fraction of sp³-hybridized carbons (Fsp3) is 0.300. The van der Waals surface area contributed by atoms with Crippen LogP contribution < -0.4 is 4.74 Å². The molecule has 2 nitrogen and oxygen atoms in total. The third kappa shape index (κ3) is 5.24. The maximum Gasteiger partial charge on any atom is 0.573 e. The van der Waals surface area contributed by atoms with Gasteiger partial charge in [-0.05, 0) is 34.7 Å². The van der Waals surface area contributed by atoms with E-state index in [0.717, 1.165) is 0 Å². The summed E-state index contributed by atoms with van der Waals surface area (Å²) in [4.78, 5) is 11.2. The van der Waals surface area contributed by atoms with Crippen LogP contribution in [0.2, 0.25) is 0 Å². The molecule has 0 radical (unpaired) electrons. The van der Waals surface area contributed by atoms with E-state index in [-0.39, 0.29) is 28.8 Å². The summed E-state index contributed by atoms with van der Waals surface area (Å²) >= 11 is 4.83. The highest BCUT2D eigenvalue weighted by molar-refractivity contribution is 14.1. The lowest BCUT2D eigenvalue weighted by Gasteiger charge is -2.13. The van der Waals surface area contributed by atoms with Crippen molar-refractivity contribution in [2.75, 3.05) is 5.33 Å². The number of carbonyl (C=O) groups is 1. The highest BCUT2D eigenvalue weighted by atomic mass is 127. The molecule has 0 aliphatic carbocycles. The summed E-state index contributed by atoms with van der Waals surface area (Å²) < 4.78 is 41.0. The summed E-state index contributed by atoms with van der Waals surface area (Å²) in [5.74, 6) is -0.531. The van der Waals surface area contributed by atoms with E-state index in [2.05, 4.69) is 20.7 Å². The van der Waals surface area contributed by atoms with Crippen molar-refractivity contribution in [2.45, 2.75) is 12.8 Å². The molecule has 17 heavy (non-hydrogen) atoms. The molecule has 1 rings (SSSR count). The lowest BCUT2D eigenvalue weighted by atomic mass is 10.1. The second-order valence-electron chi connectivity index (χ2n) is 3.15. The summed E-state index contributed by atoms with van der Waals surface area (Å²) in [6.45, 7) is 0. The Balaban J connectivity index is 2.99. The van der Waals surface area contributed by atoms with Crippen LogP contribution in [-0.4, -0.2) is 17.5 Å². The molecule has 0 amide bonds. The molecule has 7 heteroatoms. The zero-order chi connectivity index (χ0) is 13.1. The van der Waals surface area contributed by atoms with Gasteiger partial charge >= 0.3 is 6.36 Å². The van der Waals surface area contributed by atoms with Gasteiger partial charge in [0.1, 0.15) is 11.5 Å². The molecule has 0 N–H and O–H groups in total. The molecule has 0 bridgehead atoms. The summed E-state index contributed by atoms with van der Waals surface area (Å²) in [5.41, 5.74) is 0.229. The van der Waals surface area contributed by atoms with E-state index in [1.807, 2.05) is 22.6 Å². The zero-order valence-electron chi connectivity index (χ0n) is 8.35. The predicted octanol–water partition coefficient (Wildman–Crippen LogP) is 3.70. The summed E-state index contributed by atoms with van der Waals surface area (Å²) in [5, 5.41) is 0.102. The van der Waals surface area contributed by atoms with Gasteiger partial charge in [-0.3, -0.25) is 4.79 Å². The van der Waals surface area contributed by atoms with Gasteiger partial charge in [0, 0.05) is 15.6 Å². The van der Waals surface area contributed by atoms with Crippen LogP contribution in [0.1, 0.15) is 5.56 Å². The van der Waals surface area contributed by atoms with Gasteiger partial charge in [0.05, 0.1) is 5.33 Å². The van der Waals surface area contributed by atoms with Crippen molar-refractivity contribution in [1.82, 2.24) is 0 Å². The summed E-state index contributed by atoms with van der Waals surface area (Å²) in [6.07, 6.45) is -4.84. The summed E-state index contributed by atoms with van der Waals surface area (Å²) in [7, 11) is 0. The average Bonchev–Trinajstić information content (AvgIpc) is 2.19. The van der Waals surface area contributed by atoms with E-state index in [9.17, 15) is 18.0 Å². The van der Waals surface area contributed by atoms with Crippen LogP contribution in [0.4, 0.5) is 13.2 Å². The van der Waals surface area contributed by atoms with Crippen molar-refractivity contribution in [2.24, 2.45) is 0 Å². The van der Waals surface area contributed by atoms with Gasteiger partial charge in [0.2, 0.25) is 0 Å². The molecule has 0 fully saturated rings. The molecule has 0 spiro atoms. The number of hydrogen-bond acceptors (Lipinski definition) is 2. The second-order valence-corrected chi connectivity index (χ2v) is 4.96. The average molecular weight is 423 g/mol. The summed E-state index contributed by atoms with van der Waals surface area (Å²) in [6, 6.07) is 4.34. The van der Waals surface area contributed by atoms with Gasteiger partial charge in [0.25, 0.3) is 0 Å². The van der Waals surface area contributed by atoms with Crippen LogP contribution >= 0.6 is 38.5 Å². The minimum Gasteiger partial charge on any atom is -0.405 e. The van der Waals surface area contributed by atoms with Crippen molar-refractivity contribution < 1.29 is 22.7 Å². The van der Waals surface area contributed by atoms with Crippen molar-refractivity contribution in [3.63, 3.8) is 0 Å². The van der Waals surface area contributed by atoms with Gasteiger partial charge in [0.15, 0.2) is 0 Å². The maximum absolute atomic E-state index is 12.2. The molecule has 0 atom stereocenters. The van der Waals surface area contributed by atoms with Crippen molar-refractivity contribution in [3.05, 3.63) is 27.3 Å². The number of carbonyl (C=O) groups excluding carboxylic acids is 1. The Hall–Kier alpha value is -0.310. The van der Waals surface area contributed by atoms with Gasteiger partial charge < -0.3 is 4.74 Å². The second kappa shape index (κ2) is 6.03. The monoisotopic (exact) mass is 422 g/mol. The Bertz CT molecular complexity index is 421. The van der Waals surface area contributed by atoms with E-state index in [0.29, 0.717) is 3.57 Å². The molecular weight excluding hydrogens is 416 g/mol. The molecule has 0 saturated heterocycles. The number of halogens is 5. The number of Topliss-reactive ketones (excluding diaryl/α,β-unsaturated/α-hetero) is 1. The largest absolute Gasteiger partial charge is 0.573 e. The minimum atomic E-state index is -4.75. The molecule has 0 saturated carbocycles. The minimum absolute atomic E-state index is 0.0897. The smallest absolute Gasteiger partial charge is 0.405 e. The Kier molecular flexibility index (Phi) is 5.23. The van der Waals surface area contributed by atoms with Crippen LogP contribution in [0.25, 0.3) is 0 Å². The maximum atomic E-state index is 12.2. The molecule has 94 valence electrons. The zero-order valence-corrected chi connectivity index (χ0v) is 12.1. The van der Waals surface area contributed by atoms with Crippen LogP contribution in [0.5, 0.6) is 5.75 Å². The topological polar surface area (TPSA) is 26.3 Å². The molecule has 0 aliphatic heterocycles. The first-order valence-corrected chi connectivity index (χ1v) is 6.63. The molecule has 0 heterocycles. The molecular formula is C10H7BrF3IO2. The number of ether oxygens (including phenoxy) is 1. The highest BCUT2D eigenvalue weighted by Crippen LogP contribution is 2.28. The lowest BCUT2D eigenvalue weighted by molar-refractivity contribution is -0.274. The Morgan fingerprint density at radius 1 is 1.41 bits per heavy atom.